The Labute approximate surface area is 121 Å². The molecule has 0 aromatic rings. The van der Waals surface area contributed by atoms with E-state index in [0.717, 1.165) is 6.42 Å². The first kappa shape index (κ1) is 25.4. The Kier molecular flexibility index (Phi) is 28.5. The number of hydrogen-bond donors (Lipinski definition) is 0. The molecular formula is C11H19Cl2O2V. The molecule has 0 aliphatic heterocycles. The molecule has 0 aromatic heterocycles. The monoisotopic (exact) mass is 304 g/mol. The van der Waals surface area contributed by atoms with E-state index in [1.165, 1.54) is 4.28 Å². The van der Waals surface area contributed by atoms with Crippen LogP contribution in [-0.4, -0.2) is 12.2 Å². The van der Waals surface area contributed by atoms with Gasteiger partial charge in [-0.3, -0.25) is 0 Å². The first-order valence-electron chi connectivity index (χ1n) is 4.72. The molecule has 0 amide bonds. The molecular weight excluding hydrogens is 286 g/mol. The van der Waals surface area contributed by atoms with Crippen LogP contribution in [0.1, 0.15) is 34.1 Å². The first-order valence-corrected chi connectivity index (χ1v) is 5.42. The van der Waals surface area contributed by atoms with Crippen LogP contribution in [0.2, 0.25) is 0 Å². The van der Waals surface area contributed by atoms with Crippen molar-refractivity contribution in [2.24, 2.45) is 0 Å². The zero-order valence-corrected chi connectivity index (χ0v) is 13.0. The van der Waals surface area contributed by atoms with Gasteiger partial charge in [0.15, 0.2) is 0 Å². The van der Waals surface area contributed by atoms with Crippen molar-refractivity contribution in [3.63, 3.8) is 0 Å². The van der Waals surface area contributed by atoms with Crippen molar-refractivity contribution in [2.45, 2.75) is 46.3 Å². The molecule has 16 heavy (non-hydrogen) atoms. The normalized spacial score (nSPS) is 11.5. The molecule has 0 saturated heterocycles. The second-order valence-electron chi connectivity index (χ2n) is 3.39. The molecule has 0 fully saturated rings. The van der Waals surface area contributed by atoms with Crippen molar-refractivity contribution in [3.05, 3.63) is 22.5 Å². The fourth-order valence-corrected chi connectivity index (χ4v) is 0.735. The molecule has 0 heterocycles. The van der Waals surface area contributed by atoms with Crippen LogP contribution in [0.3, 0.4) is 0 Å². The van der Waals surface area contributed by atoms with Gasteiger partial charge in [-0.15, -0.1) is 12.2 Å². The van der Waals surface area contributed by atoms with Crippen LogP contribution in [0.25, 0.3) is 0 Å². The summed E-state index contributed by atoms with van der Waals surface area (Å²) in [6, 6.07) is 0. The van der Waals surface area contributed by atoms with E-state index < -0.39 is 12.2 Å². The molecule has 0 bridgehead atoms. The molecule has 0 radical (unpaired) electrons. The molecule has 94 valence electrons. The van der Waals surface area contributed by atoms with Crippen LogP contribution in [-0.2, 0) is 17.4 Å². The van der Waals surface area contributed by atoms with Gasteiger partial charge in [0.2, 0.25) is 0 Å². The van der Waals surface area contributed by atoms with E-state index >= 15 is 0 Å². The van der Waals surface area contributed by atoms with Gasteiger partial charge in [-0.25, -0.2) is 0 Å². The maximum atomic E-state index is 9.53. The van der Waals surface area contributed by atoms with Crippen molar-refractivity contribution >= 4 is 0 Å². The summed E-state index contributed by atoms with van der Waals surface area (Å²) in [5.41, 5.74) is 0. The Morgan fingerprint density at radius 2 is 1.38 bits per heavy atom. The minimum absolute atomic E-state index is 0. The van der Waals surface area contributed by atoms with Crippen molar-refractivity contribution in [1.82, 2.24) is 0 Å². The van der Waals surface area contributed by atoms with Gasteiger partial charge in [0.05, 0.1) is 0 Å². The number of allylic oxidation sites excluding steroid dienone is 4. The van der Waals surface area contributed by atoms with Gasteiger partial charge in [0.25, 0.3) is 0 Å². The van der Waals surface area contributed by atoms with E-state index in [4.69, 9.17) is 0 Å². The van der Waals surface area contributed by atoms with E-state index in [-0.39, 0.29) is 24.8 Å². The van der Waals surface area contributed by atoms with Crippen LogP contribution in [0.4, 0.5) is 0 Å². The van der Waals surface area contributed by atoms with Crippen molar-refractivity contribution in [3.8, 4) is 0 Å². The molecule has 5 heteroatoms. The zero-order chi connectivity index (χ0) is 11.6. The first-order chi connectivity index (χ1) is 6.36. The quantitative estimate of drug-likeness (QED) is 0.450. The fourth-order valence-electron chi connectivity index (χ4n) is 0.436. The van der Waals surface area contributed by atoms with Crippen molar-refractivity contribution < 1.29 is 52.5 Å². The van der Waals surface area contributed by atoms with Gasteiger partial charge in [-0.1, -0.05) is 27.7 Å². The molecule has 0 spiro atoms. The van der Waals surface area contributed by atoms with E-state index in [0.29, 0.717) is 0 Å². The van der Waals surface area contributed by atoms with E-state index in [1.807, 2.05) is 0 Å². The van der Waals surface area contributed by atoms with Crippen LogP contribution < -0.4 is 35.0 Å². The standard InChI is InChI=1S/C5H5.2C3H7O.2ClH.V/c1-2-4-5-3-1;2*1-3(2)4;;;/h1-3H,4H2;2*3H,1-2H3;2*1H;/q;2*-1;;;+4/p-2. The van der Waals surface area contributed by atoms with Gasteiger partial charge >= 0.3 is 46.4 Å². The molecule has 0 atom stereocenters. The van der Waals surface area contributed by atoms with Gasteiger partial charge < -0.3 is 35.0 Å². The zero-order valence-electron chi connectivity index (χ0n) is 10.1. The summed E-state index contributed by atoms with van der Waals surface area (Å²) in [7, 11) is 0. The van der Waals surface area contributed by atoms with E-state index in [2.05, 4.69) is 35.7 Å². The fraction of sp³-hybridized carbons (Fsp3) is 0.636. The number of hydrogen-bond acceptors (Lipinski definition) is 2. The van der Waals surface area contributed by atoms with Gasteiger partial charge in [-0.2, -0.15) is 0 Å². The average molecular weight is 305 g/mol. The third kappa shape index (κ3) is 46.8. The summed E-state index contributed by atoms with van der Waals surface area (Å²) in [6.07, 6.45) is 6.64. The van der Waals surface area contributed by atoms with Crippen LogP contribution >= 0.6 is 0 Å². The van der Waals surface area contributed by atoms with Gasteiger partial charge in [0, 0.05) is 0 Å². The predicted octanol–water partition coefficient (Wildman–Crippen LogP) is -5.10. The Morgan fingerprint density at radius 1 is 1.06 bits per heavy atom. The Morgan fingerprint density at radius 3 is 1.44 bits per heavy atom. The molecule has 0 unspecified atom stereocenters. The van der Waals surface area contributed by atoms with Crippen molar-refractivity contribution in [2.75, 3.05) is 0 Å². The second kappa shape index (κ2) is 17.9. The summed E-state index contributed by atoms with van der Waals surface area (Å²) in [5.74, 6) is 0. The number of halogens is 2. The molecule has 0 saturated carbocycles. The number of rotatable bonds is 0. The molecule has 1 rings (SSSR count). The van der Waals surface area contributed by atoms with Gasteiger partial charge in [0.1, 0.15) is 0 Å². The molecule has 2 nitrogen and oxygen atoms in total. The Hall–Kier alpha value is 0.564. The molecule has 1 aliphatic carbocycles. The van der Waals surface area contributed by atoms with Gasteiger partial charge in [-0.05, 0) is 0 Å². The molecule has 0 N–H and O–H groups in total. The summed E-state index contributed by atoms with van der Waals surface area (Å²) in [6.45, 7) is 6.44. The van der Waals surface area contributed by atoms with Crippen LogP contribution in [0.5, 0.6) is 0 Å². The average Bonchev–Trinajstić information content (AvgIpc) is 2.36. The SMILES string of the molecule is CC(C)[O-].CC(C)[O-].[Cl-].[Cl-].[V+4][C]1=CC=CC1. The maximum absolute atomic E-state index is 9.53. The molecule has 1 aliphatic rings. The Balaban J connectivity index is -0.0000000660. The van der Waals surface area contributed by atoms with Crippen LogP contribution in [0.15, 0.2) is 22.5 Å². The summed E-state index contributed by atoms with van der Waals surface area (Å²) >= 11 is 2.54. The summed E-state index contributed by atoms with van der Waals surface area (Å²) in [4.78, 5) is 0. The topological polar surface area (TPSA) is 46.1 Å². The van der Waals surface area contributed by atoms with Crippen LogP contribution in [0, 0.1) is 0 Å². The summed E-state index contributed by atoms with van der Waals surface area (Å²) in [5, 5.41) is 19.1. The third-order valence-corrected chi connectivity index (χ3v) is 1.27. The second-order valence-corrected chi connectivity index (χ2v) is 4.28. The Bertz CT molecular complexity index is 169. The van der Waals surface area contributed by atoms with Crippen molar-refractivity contribution in [1.29, 1.82) is 0 Å². The molecule has 0 aromatic carbocycles. The minimum atomic E-state index is -0.417. The summed E-state index contributed by atoms with van der Waals surface area (Å²) < 4.78 is 1.41. The predicted molar refractivity (Wildman–Crippen MR) is 52.1 cm³/mol. The van der Waals surface area contributed by atoms with E-state index in [1.54, 1.807) is 27.7 Å². The van der Waals surface area contributed by atoms with E-state index in [9.17, 15) is 10.2 Å². The third-order valence-electron chi connectivity index (χ3n) is 0.752.